The summed E-state index contributed by atoms with van der Waals surface area (Å²) < 4.78 is 4.59. The predicted molar refractivity (Wildman–Crippen MR) is 42.1 cm³/mol. The second kappa shape index (κ2) is 4.19. The van der Waals surface area contributed by atoms with Gasteiger partial charge < -0.3 is 9.72 Å². The molecule has 0 amide bonds. The summed E-state index contributed by atoms with van der Waals surface area (Å²) in [7, 11) is 0. The van der Waals surface area contributed by atoms with E-state index in [1.54, 1.807) is 6.92 Å². The van der Waals surface area contributed by atoms with Crippen molar-refractivity contribution >= 4 is 5.97 Å². The maximum atomic E-state index is 10.7. The predicted octanol–water partition coefficient (Wildman–Crippen LogP) is 0.324. The largest absolute Gasteiger partial charge is 0.456 e. The van der Waals surface area contributed by atoms with Gasteiger partial charge in [-0.3, -0.25) is 0 Å². The third kappa shape index (κ3) is 2.46. The van der Waals surface area contributed by atoms with Gasteiger partial charge in [-0.1, -0.05) is 0 Å². The molecule has 0 spiro atoms. The Hall–Kier alpha value is -1.76. The van der Waals surface area contributed by atoms with Crippen LogP contribution in [0.15, 0.2) is 12.5 Å². The lowest BCUT2D eigenvalue weighted by Gasteiger charge is -1.89. The van der Waals surface area contributed by atoms with Crippen LogP contribution in [0.2, 0.25) is 0 Å². The molecular weight excluding hydrogens is 156 g/mol. The maximum Gasteiger partial charge on any atom is 0.384 e. The Morgan fingerprint density at radius 3 is 3.25 bits per heavy atom. The number of hydrogen-bond acceptors (Lipinski definition) is 3. The fraction of sp³-hybridized carbons (Fsp3) is 0.250. The first-order valence-electron chi connectivity index (χ1n) is 3.50. The smallest absolute Gasteiger partial charge is 0.384 e. The lowest BCUT2D eigenvalue weighted by Crippen LogP contribution is -1.99. The van der Waals surface area contributed by atoms with Gasteiger partial charge in [0.2, 0.25) is 0 Å². The SMILES string of the molecule is CCOC(=O)C#Cc1cnc[nH]1. The second-order valence-corrected chi connectivity index (χ2v) is 1.94. The van der Waals surface area contributed by atoms with Crippen LogP contribution in [0.1, 0.15) is 12.6 Å². The average Bonchev–Trinajstić information content (AvgIpc) is 2.53. The van der Waals surface area contributed by atoms with E-state index in [0.29, 0.717) is 12.3 Å². The van der Waals surface area contributed by atoms with Crippen molar-refractivity contribution < 1.29 is 9.53 Å². The van der Waals surface area contributed by atoms with E-state index in [9.17, 15) is 4.79 Å². The van der Waals surface area contributed by atoms with Crippen molar-refractivity contribution in [1.82, 2.24) is 9.97 Å². The number of nitrogens with one attached hydrogen (secondary N) is 1. The van der Waals surface area contributed by atoms with Gasteiger partial charge in [-0.25, -0.2) is 9.78 Å². The van der Waals surface area contributed by atoms with Crippen LogP contribution in [0.4, 0.5) is 0 Å². The number of hydrogen-bond donors (Lipinski definition) is 1. The molecule has 0 fully saturated rings. The number of ether oxygens (including phenoxy) is 1. The summed E-state index contributed by atoms with van der Waals surface area (Å²) in [5.41, 5.74) is 0.600. The Kier molecular flexibility index (Phi) is 2.91. The summed E-state index contributed by atoms with van der Waals surface area (Å²) >= 11 is 0. The Morgan fingerprint density at radius 1 is 1.83 bits per heavy atom. The number of H-pyrrole nitrogens is 1. The van der Waals surface area contributed by atoms with Crippen molar-refractivity contribution in [3.05, 3.63) is 18.2 Å². The molecule has 1 heterocycles. The van der Waals surface area contributed by atoms with Crippen molar-refractivity contribution in [2.24, 2.45) is 0 Å². The molecule has 0 aromatic carbocycles. The third-order valence-electron chi connectivity index (χ3n) is 1.07. The number of carbonyl (C=O) groups excluding carboxylic acids is 1. The molecule has 0 radical (unpaired) electrons. The fourth-order valence-corrected chi connectivity index (χ4v) is 0.610. The molecule has 4 nitrogen and oxygen atoms in total. The molecule has 0 aliphatic carbocycles. The molecule has 4 heteroatoms. The van der Waals surface area contributed by atoms with Crippen LogP contribution in [-0.2, 0) is 9.53 Å². The first kappa shape index (κ1) is 8.34. The number of aromatic nitrogens is 2. The molecule has 0 aliphatic rings. The van der Waals surface area contributed by atoms with Crippen molar-refractivity contribution in [2.45, 2.75) is 6.92 Å². The molecule has 0 saturated carbocycles. The zero-order valence-corrected chi connectivity index (χ0v) is 6.63. The van der Waals surface area contributed by atoms with Crippen LogP contribution in [0.25, 0.3) is 0 Å². The minimum absolute atomic E-state index is 0.344. The number of nitrogens with zero attached hydrogens (tertiary/aromatic N) is 1. The summed E-state index contributed by atoms with van der Waals surface area (Å²) in [6.45, 7) is 2.08. The second-order valence-electron chi connectivity index (χ2n) is 1.94. The number of imidazole rings is 1. The highest BCUT2D eigenvalue weighted by Crippen LogP contribution is 1.85. The molecule has 62 valence electrons. The van der Waals surface area contributed by atoms with Crippen molar-refractivity contribution in [2.75, 3.05) is 6.61 Å². The zero-order valence-electron chi connectivity index (χ0n) is 6.63. The van der Waals surface area contributed by atoms with Crippen LogP contribution >= 0.6 is 0 Å². The van der Waals surface area contributed by atoms with Crippen molar-refractivity contribution in [3.63, 3.8) is 0 Å². The van der Waals surface area contributed by atoms with Gasteiger partial charge in [-0.15, -0.1) is 0 Å². The Bertz CT molecular complexity index is 306. The van der Waals surface area contributed by atoms with E-state index in [1.165, 1.54) is 12.5 Å². The summed E-state index contributed by atoms with van der Waals surface area (Å²) in [5, 5.41) is 0. The van der Waals surface area contributed by atoms with Gasteiger partial charge in [0.05, 0.1) is 19.1 Å². The van der Waals surface area contributed by atoms with Crippen LogP contribution in [-0.4, -0.2) is 22.5 Å². The first-order chi connectivity index (χ1) is 5.83. The maximum absolute atomic E-state index is 10.7. The highest BCUT2D eigenvalue weighted by molar-refractivity contribution is 5.88. The molecule has 1 aromatic heterocycles. The highest BCUT2D eigenvalue weighted by Gasteiger charge is 1.92. The number of rotatable bonds is 1. The summed E-state index contributed by atoms with van der Waals surface area (Å²) in [6.07, 6.45) is 3.03. The number of esters is 1. The van der Waals surface area contributed by atoms with E-state index in [-0.39, 0.29) is 0 Å². The van der Waals surface area contributed by atoms with Gasteiger partial charge in [0.1, 0.15) is 5.69 Å². The van der Waals surface area contributed by atoms with Crippen LogP contribution in [0, 0.1) is 11.8 Å². The van der Waals surface area contributed by atoms with E-state index < -0.39 is 5.97 Å². The summed E-state index contributed by atoms with van der Waals surface area (Å²) in [6, 6.07) is 0. The van der Waals surface area contributed by atoms with Crippen molar-refractivity contribution in [1.29, 1.82) is 0 Å². The summed E-state index contributed by atoms with van der Waals surface area (Å²) in [4.78, 5) is 17.2. The lowest BCUT2D eigenvalue weighted by molar-refractivity contribution is -0.136. The standard InChI is InChI=1S/C8H8N2O2/c1-2-12-8(11)4-3-7-5-9-6-10-7/h5-6H,2H2,1H3,(H,9,10). The van der Waals surface area contributed by atoms with Gasteiger partial charge in [0, 0.05) is 5.92 Å². The molecule has 0 atom stereocenters. The van der Waals surface area contributed by atoms with Gasteiger partial charge in [-0.2, -0.15) is 0 Å². The topological polar surface area (TPSA) is 55.0 Å². The monoisotopic (exact) mass is 164 g/mol. The molecule has 1 rings (SSSR count). The van der Waals surface area contributed by atoms with Gasteiger partial charge in [0.15, 0.2) is 0 Å². The fourth-order valence-electron chi connectivity index (χ4n) is 0.610. The Morgan fingerprint density at radius 2 is 2.67 bits per heavy atom. The molecular formula is C8H8N2O2. The molecule has 0 aliphatic heterocycles. The minimum atomic E-state index is -0.521. The van der Waals surface area contributed by atoms with E-state index in [1.807, 2.05) is 0 Å². The molecule has 1 N–H and O–H groups in total. The number of carbonyl (C=O) groups is 1. The minimum Gasteiger partial charge on any atom is -0.456 e. The van der Waals surface area contributed by atoms with Gasteiger partial charge in [0.25, 0.3) is 0 Å². The third-order valence-corrected chi connectivity index (χ3v) is 1.07. The Labute approximate surface area is 70.0 Å². The van der Waals surface area contributed by atoms with Crippen LogP contribution in [0.3, 0.4) is 0 Å². The highest BCUT2D eigenvalue weighted by atomic mass is 16.5. The van der Waals surface area contributed by atoms with E-state index in [0.717, 1.165) is 0 Å². The molecule has 0 unspecified atom stereocenters. The van der Waals surface area contributed by atoms with E-state index in [4.69, 9.17) is 0 Å². The average molecular weight is 164 g/mol. The molecule has 12 heavy (non-hydrogen) atoms. The van der Waals surface area contributed by atoms with Crippen molar-refractivity contribution in [3.8, 4) is 11.8 Å². The van der Waals surface area contributed by atoms with E-state index >= 15 is 0 Å². The Balaban J connectivity index is 2.54. The molecule has 0 bridgehead atoms. The van der Waals surface area contributed by atoms with Crippen LogP contribution in [0.5, 0.6) is 0 Å². The quantitative estimate of drug-likeness (QED) is 0.480. The van der Waals surface area contributed by atoms with Gasteiger partial charge >= 0.3 is 5.97 Å². The molecule has 0 saturated heterocycles. The lowest BCUT2D eigenvalue weighted by atomic mass is 10.4. The normalized spacial score (nSPS) is 8.42. The van der Waals surface area contributed by atoms with Gasteiger partial charge in [-0.05, 0) is 12.8 Å². The van der Waals surface area contributed by atoms with E-state index in [2.05, 4.69) is 26.5 Å². The number of aromatic amines is 1. The summed E-state index contributed by atoms with van der Waals surface area (Å²) in [5.74, 6) is 4.35. The van der Waals surface area contributed by atoms with Crippen LogP contribution < -0.4 is 0 Å². The zero-order chi connectivity index (χ0) is 8.81. The molecule has 1 aromatic rings. The first-order valence-corrected chi connectivity index (χ1v) is 3.50.